The average Bonchev–Trinajstić information content (AvgIpc) is 2.46. The van der Waals surface area contributed by atoms with Gasteiger partial charge in [-0.2, -0.15) is 10.2 Å². The number of aliphatic imine (C=N–C) groups is 1. The van der Waals surface area contributed by atoms with E-state index in [1.165, 1.54) is 0 Å². The first-order chi connectivity index (χ1) is 10.1. The molecule has 1 aromatic heterocycles. The van der Waals surface area contributed by atoms with Crippen LogP contribution in [-0.4, -0.2) is 15.8 Å². The molecule has 1 aliphatic heterocycles. The Labute approximate surface area is 120 Å². The predicted octanol–water partition coefficient (Wildman–Crippen LogP) is 0.626. The molecule has 0 amide bonds. The summed E-state index contributed by atoms with van der Waals surface area (Å²) in [5, 5.41) is 9.40. The summed E-state index contributed by atoms with van der Waals surface area (Å²) in [6.45, 7) is 0. The second-order valence-electron chi connectivity index (χ2n) is 4.72. The molecule has 2 atom stereocenters. The van der Waals surface area contributed by atoms with E-state index in [1.54, 1.807) is 0 Å². The highest BCUT2D eigenvalue weighted by atomic mass is 16.1. The summed E-state index contributed by atoms with van der Waals surface area (Å²) in [5.41, 5.74) is 12.1. The van der Waals surface area contributed by atoms with Gasteiger partial charge in [0.05, 0.1) is 11.6 Å². The monoisotopic (exact) mass is 280 g/mol. The van der Waals surface area contributed by atoms with Crippen molar-refractivity contribution in [1.29, 1.82) is 5.26 Å². The highest BCUT2D eigenvalue weighted by Gasteiger charge is 2.36. The molecule has 0 bridgehead atoms. The van der Waals surface area contributed by atoms with Gasteiger partial charge in [0, 0.05) is 5.92 Å². The minimum absolute atomic E-state index is 0.0301. The first-order valence-electron chi connectivity index (χ1n) is 6.30. The number of fused-ring (bicyclic) bond motifs is 1. The third-order valence-corrected chi connectivity index (χ3v) is 3.45. The van der Waals surface area contributed by atoms with Crippen LogP contribution in [0.5, 0.6) is 0 Å². The van der Waals surface area contributed by atoms with E-state index in [-0.39, 0.29) is 17.6 Å². The minimum atomic E-state index is -0.716. The molecule has 5 N–H and O–H groups in total. The first-order valence-corrected chi connectivity index (χ1v) is 6.30. The Bertz CT molecular complexity index is 818. The summed E-state index contributed by atoms with van der Waals surface area (Å²) in [7, 11) is 0. The molecule has 0 unspecified atom stereocenters. The smallest absolute Gasteiger partial charge is 0.258 e. The Hall–Kier alpha value is -3.14. The van der Waals surface area contributed by atoms with Crippen molar-refractivity contribution in [3.8, 4) is 6.07 Å². The number of H-pyrrole nitrogens is 1. The van der Waals surface area contributed by atoms with E-state index in [9.17, 15) is 10.1 Å². The number of amidine groups is 1. The molecule has 7 nitrogen and oxygen atoms in total. The molecule has 3 rings (SSSR count). The van der Waals surface area contributed by atoms with E-state index in [1.807, 2.05) is 30.3 Å². The number of benzene rings is 1. The number of hydrogen-bond acceptors (Lipinski definition) is 6. The van der Waals surface area contributed by atoms with Crippen molar-refractivity contribution in [2.24, 2.45) is 16.6 Å². The lowest BCUT2D eigenvalue weighted by Crippen LogP contribution is -2.35. The topological polar surface area (TPSA) is 134 Å². The number of nitrogen functional groups attached to an aromatic ring is 1. The number of nitrogens with two attached hydrogens (primary N) is 2. The number of nitriles is 1. The zero-order chi connectivity index (χ0) is 15.0. The fraction of sp³-hybridized carbons (Fsp3) is 0.143. The molecule has 0 fully saturated rings. The van der Waals surface area contributed by atoms with Crippen LogP contribution in [0.2, 0.25) is 0 Å². The number of nitrogens with one attached hydrogen (secondary N) is 1. The second-order valence-corrected chi connectivity index (χ2v) is 4.72. The van der Waals surface area contributed by atoms with Crippen molar-refractivity contribution >= 4 is 17.6 Å². The quantitative estimate of drug-likeness (QED) is 0.704. The van der Waals surface area contributed by atoms with Gasteiger partial charge in [0.1, 0.15) is 11.8 Å². The molecular formula is C14H12N6O. The van der Waals surface area contributed by atoms with Crippen LogP contribution in [0.1, 0.15) is 17.0 Å². The fourth-order valence-corrected chi connectivity index (χ4v) is 2.54. The number of anilines is 1. The standard InChI is InChI=1S/C14H12N6O/c15-6-8-9(7-4-2-1-3-5-7)10-12(18-11(8)16)19-14(17)20-13(10)21/h1-5,8-9H,(H5,16,17,18,19,20,21)/t8-,9-/m0/s1. The maximum absolute atomic E-state index is 12.2. The molecule has 0 radical (unpaired) electrons. The van der Waals surface area contributed by atoms with Gasteiger partial charge in [-0.1, -0.05) is 30.3 Å². The molecule has 21 heavy (non-hydrogen) atoms. The number of hydrogen-bond donors (Lipinski definition) is 3. The van der Waals surface area contributed by atoms with Gasteiger partial charge in [0.2, 0.25) is 5.95 Å². The van der Waals surface area contributed by atoms with Crippen molar-refractivity contribution in [2.75, 3.05) is 5.73 Å². The van der Waals surface area contributed by atoms with E-state index in [2.05, 4.69) is 21.0 Å². The normalized spacial score (nSPS) is 20.2. The number of aromatic amines is 1. The molecule has 0 saturated carbocycles. The Kier molecular flexibility index (Phi) is 2.92. The Morgan fingerprint density at radius 3 is 2.62 bits per heavy atom. The summed E-state index contributed by atoms with van der Waals surface area (Å²) < 4.78 is 0. The molecule has 1 aromatic carbocycles. The Morgan fingerprint density at radius 2 is 1.95 bits per heavy atom. The van der Waals surface area contributed by atoms with Crippen molar-refractivity contribution in [3.05, 3.63) is 51.8 Å². The molecule has 0 spiro atoms. The number of nitrogens with zero attached hydrogens (tertiary/aromatic N) is 3. The summed E-state index contributed by atoms with van der Waals surface area (Å²) in [6.07, 6.45) is 0. The molecule has 1 aliphatic rings. The first kappa shape index (κ1) is 12.9. The van der Waals surface area contributed by atoms with Crippen LogP contribution < -0.4 is 17.0 Å². The summed E-state index contributed by atoms with van der Waals surface area (Å²) in [6, 6.07) is 11.3. The second kappa shape index (κ2) is 4.76. The zero-order valence-electron chi connectivity index (χ0n) is 10.9. The Balaban J connectivity index is 2.31. The van der Waals surface area contributed by atoms with E-state index in [0.717, 1.165) is 5.56 Å². The van der Waals surface area contributed by atoms with Crippen LogP contribution in [0, 0.1) is 17.2 Å². The van der Waals surface area contributed by atoms with Gasteiger partial charge in [-0.05, 0) is 5.56 Å². The van der Waals surface area contributed by atoms with E-state index >= 15 is 0 Å². The maximum atomic E-state index is 12.2. The lowest BCUT2D eigenvalue weighted by Gasteiger charge is -2.26. The van der Waals surface area contributed by atoms with Crippen LogP contribution in [0.3, 0.4) is 0 Å². The van der Waals surface area contributed by atoms with Gasteiger partial charge < -0.3 is 11.5 Å². The largest absolute Gasteiger partial charge is 0.386 e. The molecule has 0 aliphatic carbocycles. The van der Waals surface area contributed by atoms with Crippen molar-refractivity contribution in [1.82, 2.24) is 9.97 Å². The van der Waals surface area contributed by atoms with Gasteiger partial charge in [0.25, 0.3) is 5.56 Å². The van der Waals surface area contributed by atoms with E-state index < -0.39 is 17.4 Å². The van der Waals surface area contributed by atoms with Crippen LogP contribution in [0.25, 0.3) is 0 Å². The molecule has 2 aromatic rings. The third-order valence-electron chi connectivity index (χ3n) is 3.45. The summed E-state index contributed by atoms with van der Waals surface area (Å²) in [4.78, 5) is 22.8. The average molecular weight is 280 g/mol. The van der Waals surface area contributed by atoms with E-state index in [4.69, 9.17) is 11.5 Å². The van der Waals surface area contributed by atoms with Gasteiger partial charge in [-0.3, -0.25) is 9.78 Å². The van der Waals surface area contributed by atoms with Crippen LogP contribution in [0.15, 0.2) is 40.1 Å². The minimum Gasteiger partial charge on any atom is -0.386 e. The fourth-order valence-electron chi connectivity index (χ4n) is 2.54. The highest BCUT2D eigenvalue weighted by Crippen LogP contribution is 2.38. The molecule has 104 valence electrons. The predicted molar refractivity (Wildman–Crippen MR) is 77.9 cm³/mol. The van der Waals surface area contributed by atoms with Gasteiger partial charge in [0.15, 0.2) is 5.82 Å². The molecule has 0 saturated heterocycles. The zero-order valence-corrected chi connectivity index (χ0v) is 10.9. The number of rotatable bonds is 1. The lowest BCUT2D eigenvalue weighted by molar-refractivity contribution is 0.696. The highest BCUT2D eigenvalue weighted by molar-refractivity contribution is 5.91. The van der Waals surface area contributed by atoms with Crippen molar-refractivity contribution < 1.29 is 0 Å². The van der Waals surface area contributed by atoms with E-state index in [0.29, 0.717) is 5.56 Å². The third kappa shape index (κ3) is 2.03. The van der Waals surface area contributed by atoms with Crippen molar-refractivity contribution in [3.63, 3.8) is 0 Å². The molecular weight excluding hydrogens is 268 g/mol. The van der Waals surface area contributed by atoms with Crippen LogP contribution >= 0.6 is 0 Å². The van der Waals surface area contributed by atoms with Crippen LogP contribution in [-0.2, 0) is 0 Å². The van der Waals surface area contributed by atoms with Crippen molar-refractivity contribution in [2.45, 2.75) is 5.92 Å². The summed E-state index contributed by atoms with van der Waals surface area (Å²) in [5.74, 6) is -0.949. The summed E-state index contributed by atoms with van der Waals surface area (Å²) >= 11 is 0. The number of aromatic nitrogens is 2. The SMILES string of the molecule is N#C[C@@H]1C(N)=Nc2nc(N)[nH]c(=O)c2[C@H]1c1ccccc1. The molecule has 2 heterocycles. The lowest BCUT2D eigenvalue weighted by atomic mass is 9.79. The van der Waals surface area contributed by atoms with Gasteiger partial charge in [-0.25, -0.2) is 4.99 Å². The van der Waals surface area contributed by atoms with Gasteiger partial charge in [-0.15, -0.1) is 0 Å². The van der Waals surface area contributed by atoms with Crippen LogP contribution in [0.4, 0.5) is 11.8 Å². The molecule has 7 heteroatoms. The van der Waals surface area contributed by atoms with Gasteiger partial charge >= 0.3 is 0 Å². The maximum Gasteiger partial charge on any atom is 0.258 e. The Morgan fingerprint density at radius 1 is 1.24 bits per heavy atom.